The van der Waals surface area contributed by atoms with Gasteiger partial charge in [0, 0.05) is 18.0 Å². The zero-order chi connectivity index (χ0) is 17.4. The molecule has 0 N–H and O–H groups in total. The van der Waals surface area contributed by atoms with Crippen LogP contribution in [0.1, 0.15) is 11.1 Å². The number of fused-ring (bicyclic) bond motifs is 1. The molecule has 4 nitrogen and oxygen atoms in total. The minimum Gasteiger partial charge on any atom is -0.268 e. The predicted molar refractivity (Wildman–Crippen MR) is 100 cm³/mol. The Morgan fingerprint density at radius 3 is 2.52 bits per heavy atom. The summed E-state index contributed by atoms with van der Waals surface area (Å²) in [5, 5.41) is 0.605. The summed E-state index contributed by atoms with van der Waals surface area (Å²) >= 11 is 0. The first-order valence-corrected chi connectivity index (χ1v) is 8.15. The lowest BCUT2D eigenvalue weighted by Crippen LogP contribution is -2.22. The van der Waals surface area contributed by atoms with Crippen LogP contribution in [-0.4, -0.2) is 14.5 Å². The predicted octanol–water partition coefficient (Wildman–Crippen LogP) is 4.06. The minimum absolute atomic E-state index is 0.0762. The normalized spacial score (nSPS) is 11.0. The Balaban J connectivity index is 2.12. The molecule has 0 atom stereocenters. The first-order valence-electron chi connectivity index (χ1n) is 8.15. The molecule has 0 aliphatic rings. The molecule has 2 aromatic heterocycles. The van der Waals surface area contributed by atoms with Crippen LogP contribution in [0.25, 0.3) is 28.0 Å². The van der Waals surface area contributed by atoms with E-state index >= 15 is 0 Å². The van der Waals surface area contributed by atoms with Gasteiger partial charge in [0.05, 0.1) is 16.6 Å². The maximum atomic E-state index is 13.2. The monoisotopic (exact) mass is 327 g/mol. The van der Waals surface area contributed by atoms with Crippen LogP contribution in [0.3, 0.4) is 0 Å². The van der Waals surface area contributed by atoms with E-state index in [4.69, 9.17) is 4.98 Å². The van der Waals surface area contributed by atoms with Gasteiger partial charge in [0.15, 0.2) is 0 Å². The van der Waals surface area contributed by atoms with E-state index in [2.05, 4.69) is 11.9 Å². The third-order valence-electron chi connectivity index (χ3n) is 4.44. The topological polar surface area (TPSA) is 47.8 Å². The first kappa shape index (κ1) is 15.3. The number of nitrogens with zero attached hydrogens (tertiary/aromatic N) is 3. The quantitative estimate of drug-likeness (QED) is 0.558. The zero-order valence-corrected chi connectivity index (χ0v) is 14.1. The molecule has 0 aliphatic heterocycles. The van der Waals surface area contributed by atoms with Gasteiger partial charge in [-0.3, -0.25) is 14.3 Å². The molecule has 2 heterocycles. The smallest absolute Gasteiger partial charge is 0.266 e. The van der Waals surface area contributed by atoms with Gasteiger partial charge in [0.1, 0.15) is 5.82 Å². The van der Waals surface area contributed by atoms with Gasteiger partial charge in [0.2, 0.25) is 0 Å². The molecule has 0 aliphatic carbocycles. The van der Waals surface area contributed by atoms with E-state index in [1.54, 1.807) is 17.0 Å². The van der Waals surface area contributed by atoms with Crippen LogP contribution in [0.4, 0.5) is 0 Å². The Morgan fingerprint density at radius 1 is 0.920 bits per heavy atom. The molecule has 0 saturated carbocycles. The Morgan fingerprint density at radius 2 is 1.76 bits per heavy atom. The summed E-state index contributed by atoms with van der Waals surface area (Å²) in [5.74, 6) is 0.597. The summed E-state index contributed by atoms with van der Waals surface area (Å²) in [6.45, 7) is 4.10. The van der Waals surface area contributed by atoms with Crippen LogP contribution in [0.15, 0.2) is 71.8 Å². The SMILES string of the molecule is Cc1ccc(-n2c(-c3cccnc3)nc3ccccc3c2=O)cc1C. The van der Waals surface area contributed by atoms with Crippen LogP contribution in [0.2, 0.25) is 0 Å². The van der Waals surface area contributed by atoms with Crippen molar-refractivity contribution in [2.45, 2.75) is 13.8 Å². The van der Waals surface area contributed by atoms with Crippen LogP contribution in [-0.2, 0) is 0 Å². The third kappa shape index (κ3) is 2.62. The molecular formula is C21H17N3O. The van der Waals surface area contributed by atoms with Gasteiger partial charge in [-0.2, -0.15) is 0 Å². The average Bonchev–Trinajstić information content (AvgIpc) is 2.65. The van der Waals surface area contributed by atoms with Crippen molar-refractivity contribution in [3.05, 3.63) is 88.5 Å². The number of rotatable bonds is 2. The summed E-state index contributed by atoms with van der Waals surface area (Å²) in [6.07, 6.45) is 3.44. The van der Waals surface area contributed by atoms with Crippen LogP contribution in [0, 0.1) is 13.8 Å². The lowest BCUT2D eigenvalue weighted by atomic mass is 10.1. The van der Waals surface area contributed by atoms with Gasteiger partial charge >= 0.3 is 0 Å². The number of hydrogen-bond acceptors (Lipinski definition) is 3. The number of aromatic nitrogens is 3. The van der Waals surface area contributed by atoms with Gasteiger partial charge in [-0.05, 0) is 61.4 Å². The highest BCUT2D eigenvalue weighted by molar-refractivity contribution is 5.80. The van der Waals surface area contributed by atoms with Crippen molar-refractivity contribution in [2.75, 3.05) is 0 Å². The molecule has 4 aromatic rings. The molecule has 25 heavy (non-hydrogen) atoms. The average molecular weight is 327 g/mol. The van der Waals surface area contributed by atoms with Crippen LogP contribution in [0.5, 0.6) is 0 Å². The van der Waals surface area contributed by atoms with Crippen molar-refractivity contribution in [1.82, 2.24) is 14.5 Å². The fourth-order valence-corrected chi connectivity index (χ4v) is 2.93. The lowest BCUT2D eigenvalue weighted by molar-refractivity contribution is 0.970. The number of para-hydroxylation sites is 1. The number of aryl methyl sites for hydroxylation is 2. The van der Waals surface area contributed by atoms with E-state index in [0.717, 1.165) is 16.8 Å². The van der Waals surface area contributed by atoms with Crippen molar-refractivity contribution in [3.8, 4) is 17.1 Å². The van der Waals surface area contributed by atoms with Crippen molar-refractivity contribution in [2.24, 2.45) is 0 Å². The highest BCUT2D eigenvalue weighted by Crippen LogP contribution is 2.22. The molecule has 4 rings (SSSR count). The van der Waals surface area contributed by atoms with Gasteiger partial charge in [0.25, 0.3) is 5.56 Å². The van der Waals surface area contributed by atoms with Crippen molar-refractivity contribution < 1.29 is 0 Å². The molecule has 4 heteroatoms. The summed E-state index contributed by atoms with van der Waals surface area (Å²) in [6, 6.07) is 17.2. The summed E-state index contributed by atoms with van der Waals surface area (Å²) in [5.41, 5.74) is 4.55. The summed E-state index contributed by atoms with van der Waals surface area (Å²) in [4.78, 5) is 22.2. The number of benzene rings is 2. The molecule has 0 saturated heterocycles. The van der Waals surface area contributed by atoms with Crippen molar-refractivity contribution in [3.63, 3.8) is 0 Å². The van der Waals surface area contributed by atoms with Gasteiger partial charge < -0.3 is 0 Å². The van der Waals surface area contributed by atoms with E-state index in [9.17, 15) is 4.79 Å². The third-order valence-corrected chi connectivity index (χ3v) is 4.44. The Hall–Kier alpha value is -3.27. The molecule has 2 aromatic carbocycles. The lowest BCUT2D eigenvalue weighted by Gasteiger charge is -2.14. The summed E-state index contributed by atoms with van der Waals surface area (Å²) in [7, 11) is 0. The second kappa shape index (κ2) is 5.98. The molecule has 0 radical (unpaired) electrons. The second-order valence-corrected chi connectivity index (χ2v) is 6.10. The molecule has 0 amide bonds. The molecule has 122 valence electrons. The molecule has 0 spiro atoms. The molecule has 0 unspecified atom stereocenters. The first-order chi connectivity index (χ1) is 12.1. The zero-order valence-electron chi connectivity index (χ0n) is 14.1. The van der Waals surface area contributed by atoms with Gasteiger partial charge in [-0.1, -0.05) is 18.2 Å². The van der Waals surface area contributed by atoms with Crippen molar-refractivity contribution in [1.29, 1.82) is 0 Å². The highest BCUT2D eigenvalue weighted by Gasteiger charge is 2.14. The fraction of sp³-hybridized carbons (Fsp3) is 0.0952. The largest absolute Gasteiger partial charge is 0.268 e. The standard InChI is InChI=1S/C21H17N3O/c1-14-9-10-17(12-15(14)2)24-20(16-6-5-11-22-13-16)23-19-8-4-3-7-18(19)21(24)25/h3-13H,1-2H3. The van der Waals surface area contributed by atoms with E-state index in [1.165, 1.54) is 5.56 Å². The maximum Gasteiger partial charge on any atom is 0.266 e. The van der Waals surface area contributed by atoms with E-state index < -0.39 is 0 Å². The van der Waals surface area contributed by atoms with Gasteiger partial charge in [-0.15, -0.1) is 0 Å². The van der Waals surface area contributed by atoms with Gasteiger partial charge in [-0.25, -0.2) is 4.98 Å². The fourth-order valence-electron chi connectivity index (χ4n) is 2.93. The van der Waals surface area contributed by atoms with E-state index in [0.29, 0.717) is 16.7 Å². The van der Waals surface area contributed by atoms with Crippen LogP contribution < -0.4 is 5.56 Å². The highest BCUT2D eigenvalue weighted by atomic mass is 16.1. The van der Waals surface area contributed by atoms with E-state index in [1.807, 2.05) is 61.5 Å². The summed E-state index contributed by atoms with van der Waals surface area (Å²) < 4.78 is 1.67. The van der Waals surface area contributed by atoms with Crippen molar-refractivity contribution >= 4 is 10.9 Å². The molecule has 0 bridgehead atoms. The number of pyridine rings is 1. The molecular weight excluding hydrogens is 310 g/mol. The Labute approximate surface area is 145 Å². The van der Waals surface area contributed by atoms with Crippen LogP contribution >= 0.6 is 0 Å². The second-order valence-electron chi connectivity index (χ2n) is 6.10. The number of hydrogen-bond donors (Lipinski definition) is 0. The Bertz CT molecular complexity index is 1130. The molecule has 0 fully saturated rings. The minimum atomic E-state index is -0.0762. The maximum absolute atomic E-state index is 13.2. The van der Waals surface area contributed by atoms with E-state index in [-0.39, 0.29) is 5.56 Å². The Kier molecular flexibility index (Phi) is 3.65.